The predicted molar refractivity (Wildman–Crippen MR) is 137 cm³/mol. The number of ether oxygens (including phenoxy) is 1. The normalized spacial score (nSPS) is 15.1. The summed E-state index contributed by atoms with van der Waals surface area (Å²) in [4.78, 5) is 31.1. The van der Waals surface area contributed by atoms with Gasteiger partial charge in [-0.15, -0.1) is 13.2 Å². The van der Waals surface area contributed by atoms with Crippen LogP contribution in [0.2, 0.25) is 0 Å². The summed E-state index contributed by atoms with van der Waals surface area (Å²) in [6.07, 6.45) is -5.84. The van der Waals surface area contributed by atoms with Crippen molar-refractivity contribution in [3.63, 3.8) is 0 Å². The lowest BCUT2D eigenvalue weighted by atomic mass is 9.97. The number of carbonyl (C=O) groups is 2. The Balaban J connectivity index is 0.000000546. The fourth-order valence-corrected chi connectivity index (χ4v) is 4.04. The van der Waals surface area contributed by atoms with Crippen molar-refractivity contribution in [3.8, 4) is 0 Å². The van der Waals surface area contributed by atoms with E-state index in [4.69, 9.17) is 0 Å². The number of imidazole rings is 1. The van der Waals surface area contributed by atoms with E-state index in [-0.39, 0.29) is 38.0 Å². The van der Waals surface area contributed by atoms with Crippen molar-refractivity contribution >= 4 is 22.8 Å². The molecule has 3 aromatic rings. The molecule has 4 rings (SSSR count). The van der Waals surface area contributed by atoms with Gasteiger partial charge < -0.3 is 15.6 Å². The zero-order valence-electron chi connectivity index (χ0n) is 22.8. The van der Waals surface area contributed by atoms with E-state index in [0.717, 1.165) is 11.1 Å². The quantitative estimate of drug-likeness (QED) is 0.248. The van der Waals surface area contributed by atoms with Crippen LogP contribution in [-0.4, -0.2) is 56.6 Å². The number of nitrogens with one attached hydrogen (secondary N) is 3. The van der Waals surface area contributed by atoms with Gasteiger partial charge in [0.2, 0.25) is 11.8 Å². The van der Waals surface area contributed by atoms with E-state index in [9.17, 15) is 44.7 Å². The Bertz CT molecular complexity index is 1340. The molecule has 0 bridgehead atoms. The molecular weight excluding hydrogens is 596 g/mol. The smallest absolute Gasteiger partial charge is 0.352 e. The van der Waals surface area contributed by atoms with Gasteiger partial charge in [0.05, 0.1) is 48.9 Å². The van der Waals surface area contributed by atoms with E-state index in [1.54, 1.807) is 18.2 Å². The van der Waals surface area contributed by atoms with Gasteiger partial charge >= 0.3 is 12.5 Å². The molecule has 0 unspecified atom stereocenters. The molecule has 0 radical (unpaired) electrons. The van der Waals surface area contributed by atoms with E-state index in [1.165, 1.54) is 12.4 Å². The lowest BCUT2D eigenvalue weighted by Gasteiger charge is -2.20. The number of rotatable bonds is 10. The Morgan fingerprint density at radius 2 is 1.74 bits per heavy atom. The fraction of sp³-hybridized carbons (Fsp3) is 0.538. The molecule has 2 heterocycles. The van der Waals surface area contributed by atoms with Gasteiger partial charge in [0.25, 0.3) is 5.91 Å². The van der Waals surface area contributed by atoms with E-state index < -0.39 is 49.7 Å². The zero-order chi connectivity index (χ0) is 31.7. The Labute approximate surface area is 240 Å². The number of nitrogens with zero attached hydrogens (tertiary/aromatic N) is 3. The number of halogens is 8. The first kappa shape index (κ1) is 33.7. The zero-order valence-corrected chi connectivity index (χ0v) is 22.8. The third-order valence-electron chi connectivity index (χ3n) is 6.20. The van der Waals surface area contributed by atoms with Crippen LogP contribution in [0.15, 0.2) is 30.6 Å². The molecule has 1 aliphatic rings. The Morgan fingerprint density at radius 3 is 2.37 bits per heavy atom. The van der Waals surface area contributed by atoms with Crippen molar-refractivity contribution < 1.29 is 49.4 Å². The Hall–Kier alpha value is -3.76. The summed E-state index contributed by atoms with van der Waals surface area (Å²) in [6, 6.07) is 4.98. The average molecular weight is 627 g/mol. The number of aromatic nitrogens is 4. The van der Waals surface area contributed by atoms with Gasteiger partial charge in [0.15, 0.2) is 0 Å². The van der Waals surface area contributed by atoms with Gasteiger partial charge in [-0.2, -0.15) is 18.3 Å². The van der Waals surface area contributed by atoms with Crippen LogP contribution in [0.5, 0.6) is 0 Å². The molecule has 9 nitrogen and oxygen atoms in total. The predicted octanol–water partition coefficient (Wildman–Crippen LogP) is 5.77. The number of amides is 2. The van der Waals surface area contributed by atoms with Crippen LogP contribution >= 0.6 is 0 Å². The monoisotopic (exact) mass is 626 g/mol. The first-order chi connectivity index (χ1) is 20.1. The van der Waals surface area contributed by atoms with E-state index in [1.807, 2.05) is 0 Å². The minimum atomic E-state index is -4.74. The molecule has 0 aliphatic heterocycles. The molecule has 2 aromatic heterocycles. The lowest BCUT2D eigenvalue weighted by molar-refractivity contribution is -0.325. The molecule has 0 saturated heterocycles. The number of hydrogen-bond donors (Lipinski definition) is 3. The summed E-state index contributed by atoms with van der Waals surface area (Å²) in [5.41, 5.74) is 1.93. The highest BCUT2D eigenvalue weighted by Crippen LogP contribution is 2.32. The van der Waals surface area contributed by atoms with Crippen molar-refractivity contribution in [2.24, 2.45) is 0 Å². The van der Waals surface area contributed by atoms with Crippen LogP contribution in [0, 0.1) is 0 Å². The number of fused-ring (bicyclic) bond motifs is 1. The number of benzene rings is 1. The van der Waals surface area contributed by atoms with Crippen molar-refractivity contribution in [2.45, 2.75) is 83.0 Å². The highest BCUT2D eigenvalue weighted by molar-refractivity contribution is 5.93. The van der Waals surface area contributed by atoms with Crippen LogP contribution in [0.25, 0.3) is 11.0 Å². The topological polar surface area (TPSA) is 114 Å². The van der Waals surface area contributed by atoms with Crippen LogP contribution in [0.1, 0.15) is 66.7 Å². The first-order valence-corrected chi connectivity index (χ1v) is 13.3. The third kappa shape index (κ3) is 12.6. The van der Waals surface area contributed by atoms with Gasteiger partial charge in [0.1, 0.15) is 5.82 Å². The van der Waals surface area contributed by atoms with Gasteiger partial charge in [-0.1, -0.05) is 12.5 Å². The molecular formula is C26H30F8N6O3. The van der Waals surface area contributed by atoms with Gasteiger partial charge in [0, 0.05) is 32.0 Å². The first-order valence-electron chi connectivity index (χ1n) is 13.3. The van der Waals surface area contributed by atoms with Crippen molar-refractivity contribution in [1.29, 1.82) is 0 Å². The maximum Gasteiger partial charge on any atom is 0.522 e. The summed E-state index contributed by atoms with van der Waals surface area (Å²) >= 11 is 0. The van der Waals surface area contributed by atoms with Crippen LogP contribution in [-0.2, 0) is 29.2 Å². The highest BCUT2D eigenvalue weighted by atomic mass is 19.4. The van der Waals surface area contributed by atoms with Gasteiger partial charge in [-0.05, 0) is 30.5 Å². The van der Waals surface area contributed by atoms with Gasteiger partial charge in [-0.3, -0.25) is 19.0 Å². The second-order valence-electron chi connectivity index (χ2n) is 9.81. The molecule has 238 valence electrons. The third-order valence-corrected chi connectivity index (χ3v) is 6.20. The SMILES string of the molecule is FC1(F)CCCCC1.O=C(CCC(F)(F)F)NCc1ccc2nc(CNC(=O)c3cnn(CCOC(F)(F)F)c3)[nH]c2c1. The maximum absolute atomic E-state index is 12.3. The molecule has 1 fully saturated rings. The van der Waals surface area contributed by atoms with Crippen molar-refractivity contribution in [1.82, 2.24) is 30.4 Å². The van der Waals surface area contributed by atoms with Gasteiger partial charge in [-0.25, -0.2) is 13.8 Å². The number of aromatic amines is 1. The molecule has 1 aliphatic carbocycles. The molecule has 43 heavy (non-hydrogen) atoms. The molecule has 1 aromatic carbocycles. The summed E-state index contributed by atoms with van der Waals surface area (Å²) in [6.45, 7) is -0.791. The lowest BCUT2D eigenvalue weighted by Crippen LogP contribution is -2.24. The molecule has 0 atom stereocenters. The molecule has 2 amide bonds. The van der Waals surface area contributed by atoms with E-state index in [0.29, 0.717) is 35.3 Å². The second-order valence-corrected chi connectivity index (χ2v) is 9.81. The molecule has 0 spiro atoms. The van der Waals surface area contributed by atoms with E-state index >= 15 is 0 Å². The number of alkyl halides is 8. The molecule has 17 heteroatoms. The van der Waals surface area contributed by atoms with E-state index in [2.05, 4.69) is 30.4 Å². The summed E-state index contributed by atoms with van der Waals surface area (Å²) in [5, 5.41) is 8.84. The summed E-state index contributed by atoms with van der Waals surface area (Å²) < 4.78 is 102. The summed E-state index contributed by atoms with van der Waals surface area (Å²) in [7, 11) is 0. The van der Waals surface area contributed by atoms with Crippen molar-refractivity contribution in [3.05, 3.63) is 47.5 Å². The highest BCUT2D eigenvalue weighted by Gasteiger charge is 2.30. The minimum absolute atomic E-state index is 0.0133. The minimum Gasteiger partial charge on any atom is -0.352 e. The number of hydrogen-bond acceptors (Lipinski definition) is 5. The summed E-state index contributed by atoms with van der Waals surface area (Å²) in [5.74, 6) is -3.15. The standard InChI is InChI=1S/C20H20F6N6O3.C6H10F2/c21-19(22,23)4-3-17(33)27-8-12-1-2-14-15(7-12)31-16(30-14)10-28-18(34)13-9-29-32(11-13)5-6-35-20(24,25)26;7-6(8)4-2-1-3-5-6/h1-2,7,9,11H,3-6,8,10H2,(H,27,33)(H,28,34)(H,30,31);1-5H2. The van der Waals surface area contributed by atoms with Crippen LogP contribution in [0.3, 0.4) is 0 Å². The fourth-order valence-electron chi connectivity index (χ4n) is 4.04. The molecule has 3 N–H and O–H groups in total. The van der Waals surface area contributed by atoms with Crippen LogP contribution < -0.4 is 10.6 Å². The Morgan fingerprint density at radius 1 is 1.02 bits per heavy atom. The van der Waals surface area contributed by atoms with Crippen LogP contribution in [0.4, 0.5) is 35.1 Å². The number of H-pyrrole nitrogens is 1. The molecule has 1 saturated carbocycles. The van der Waals surface area contributed by atoms with Crippen molar-refractivity contribution in [2.75, 3.05) is 6.61 Å². The average Bonchev–Trinajstić information content (AvgIpc) is 3.55. The number of carbonyl (C=O) groups excluding carboxylic acids is 2. The maximum atomic E-state index is 12.3. The largest absolute Gasteiger partial charge is 0.522 e. The second kappa shape index (κ2) is 14.6. The Kier molecular flexibility index (Phi) is 11.5.